The van der Waals surface area contributed by atoms with Crippen molar-refractivity contribution in [3.8, 4) is 11.8 Å². The Bertz CT molecular complexity index is 710. The van der Waals surface area contributed by atoms with Gasteiger partial charge in [0, 0.05) is 24.2 Å². The first-order chi connectivity index (χ1) is 9.86. The van der Waals surface area contributed by atoms with Crippen molar-refractivity contribution in [2.75, 3.05) is 0 Å². The minimum atomic E-state index is -0.0480. The highest BCUT2D eigenvalue weighted by Crippen LogP contribution is 2.21. The zero-order valence-electron chi connectivity index (χ0n) is 12.9. The largest absolute Gasteiger partial charge is 0.293 e. The van der Waals surface area contributed by atoms with Gasteiger partial charge in [-0.3, -0.25) is 9.78 Å². The molecule has 0 spiro atoms. The number of hydrogen-bond acceptors (Lipinski definition) is 2. The van der Waals surface area contributed by atoms with Gasteiger partial charge in [0.25, 0.3) is 0 Å². The molecule has 2 rings (SSSR count). The molecule has 0 N–H and O–H groups in total. The third-order valence-electron chi connectivity index (χ3n) is 3.22. The molecule has 0 aliphatic carbocycles. The van der Waals surface area contributed by atoms with Gasteiger partial charge in [-0.05, 0) is 35.2 Å². The first-order valence-electron chi connectivity index (χ1n) is 6.96. The first kappa shape index (κ1) is 15.0. The molecule has 0 saturated carbocycles. The molecule has 0 unspecified atom stereocenters. The quantitative estimate of drug-likeness (QED) is 0.583. The van der Waals surface area contributed by atoms with Gasteiger partial charge in [-0.2, -0.15) is 0 Å². The summed E-state index contributed by atoms with van der Waals surface area (Å²) in [7, 11) is 0. The topological polar surface area (TPSA) is 30.0 Å². The number of aromatic nitrogens is 1. The van der Waals surface area contributed by atoms with Crippen LogP contribution in [0.2, 0.25) is 0 Å². The molecule has 0 bridgehead atoms. The fourth-order valence-corrected chi connectivity index (χ4v) is 1.90. The lowest BCUT2D eigenvalue weighted by Gasteiger charge is -2.18. The summed E-state index contributed by atoms with van der Waals surface area (Å²) in [6, 6.07) is 11.8. The molecule has 0 atom stereocenters. The van der Waals surface area contributed by atoms with Crippen LogP contribution in [0.5, 0.6) is 0 Å². The molecule has 21 heavy (non-hydrogen) atoms. The van der Waals surface area contributed by atoms with Crippen LogP contribution in [0.3, 0.4) is 0 Å². The average molecular weight is 277 g/mol. The summed E-state index contributed by atoms with van der Waals surface area (Å²) in [5.74, 6) is 6.14. The van der Waals surface area contributed by atoms with Crippen LogP contribution in [0.25, 0.3) is 0 Å². The van der Waals surface area contributed by atoms with Crippen molar-refractivity contribution in [1.82, 2.24) is 4.98 Å². The van der Waals surface area contributed by atoms with Gasteiger partial charge in [-0.15, -0.1) is 0 Å². The van der Waals surface area contributed by atoms with Crippen molar-refractivity contribution in [2.24, 2.45) is 0 Å². The van der Waals surface area contributed by atoms with Gasteiger partial charge in [0.05, 0.1) is 0 Å². The molecule has 1 heterocycles. The smallest absolute Gasteiger partial charge is 0.178 e. The van der Waals surface area contributed by atoms with E-state index in [4.69, 9.17) is 0 Å². The fourth-order valence-electron chi connectivity index (χ4n) is 1.90. The van der Waals surface area contributed by atoms with E-state index in [9.17, 15) is 4.79 Å². The highest BCUT2D eigenvalue weighted by Gasteiger charge is 2.12. The molecule has 1 aromatic carbocycles. The predicted octanol–water partition coefficient (Wildman–Crippen LogP) is 3.98. The summed E-state index contributed by atoms with van der Waals surface area (Å²) in [5.41, 5.74) is 3.65. The molecule has 0 fully saturated rings. The summed E-state index contributed by atoms with van der Waals surface area (Å²) >= 11 is 0. The Morgan fingerprint density at radius 1 is 1.00 bits per heavy atom. The number of carbonyl (C=O) groups is 1. The third kappa shape index (κ3) is 4.03. The number of ketones is 1. The van der Waals surface area contributed by atoms with Crippen LogP contribution in [0.4, 0.5) is 0 Å². The van der Waals surface area contributed by atoms with Crippen LogP contribution in [0, 0.1) is 11.8 Å². The van der Waals surface area contributed by atoms with Crippen molar-refractivity contribution in [1.29, 1.82) is 0 Å². The van der Waals surface area contributed by atoms with E-state index in [1.807, 2.05) is 18.2 Å². The Kier molecular flexibility index (Phi) is 4.23. The van der Waals surface area contributed by atoms with Crippen molar-refractivity contribution in [2.45, 2.75) is 33.1 Å². The van der Waals surface area contributed by atoms with E-state index in [2.05, 4.69) is 49.7 Å². The number of nitrogens with zero attached hydrogens (tertiary/aromatic N) is 1. The predicted molar refractivity (Wildman–Crippen MR) is 85.4 cm³/mol. The van der Waals surface area contributed by atoms with E-state index in [-0.39, 0.29) is 11.2 Å². The Balaban J connectivity index is 2.23. The fraction of sp³-hybridized carbons (Fsp3) is 0.263. The highest BCUT2D eigenvalue weighted by molar-refractivity contribution is 5.92. The molecule has 106 valence electrons. The second kappa shape index (κ2) is 5.93. The van der Waals surface area contributed by atoms with Crippen molar-refractivity contribution in [3.05, 3.63) is 65.0 Å². The van der Waals surface area contributed by atoms with Crippen LogP contribution in [0.1, 0.15) is 54.9 Å². The van der Waals surface area contributed by atoms with Gasteiger partial charge in [0.15, 0.2) is 5.78 Å². The van der Waals surface area contributed by atoms with Crippen LogP contribution in [-0.4, -0.2) is 10.8 Å². The van der Waals surface area contributed by atoms with Gasteiger partial charge in [0.2, 0.25) is 0 Å². The lowest BCUT2D eigenvalue weighted by atomic mass is 9.87. The third-order valence-corrected chi connectivity index (χ3v) is 3.22. The molecule has 0 aliphatic rings. The lowest BCUT2D eigenvalue weighted by molar-refractivity contribution is 0.101. The molecule has 1 aromatic heterocycles. The maximum Gasteiger partial charge on any atom is 0.178 e. The molecule has 2 nitrogen and oxygen atoms in total. The Hall–Kier alpha value is -2.40. The zero-order chi connectivity index (χ0) is 15.5. The second-order valence-corrected chi connectivity index (χ2v) is 6.06. The minimum Gasteiger partial charge on any atom is -0.293 e. The molecule has 0 radical (unpaired) electrons. The van der Waals surface area contributed by atoms with Gasteiger partial charge in [-0.1, -0.05) is 44.7 Å². The second-order valence-electron chi connectivity index (χ2n) is 6.06. The molecular weight excluding hydrogens is 258 g/mol. The summed E-state index contributed by atoms with van der Waals surface area (Å²) in [6.45, 7) is 8.07. The number of Topliss-reactive ketones (excluding diaryl/α,β-unsaturated/α-hetero) is 1. The van der Waals surface area contributed by atoms with E-state index in [1.165, 1.54) is 12.5 Å². The van der Waals surface area contributed by atoms with Crippen LogP contribution in [-0.2, 0) is 5.41 Å². The molecule has 0 aliphatic heterocycles. The van der Waals surface area contributed by atoms with E-state index < -0.39 is 0 Å². The summed E-state index contributed by atoms with van der Waals surface area (Å²) < 4.78 is 0. The maximum absolute atomic E-state index is 11.3. The molecule has 0 amide bonds. The Morgan fingerprint density at radius 3 is 2.19 bits per heavy atom. The standard InChI is InChI=1S/C19H19NO/c1-14(21)18-13-16(11-12-20-18)6-5-15-7-9-17(10-8-15)19(2,3)4/h7-13H,1-4H3. The molecular formula is C19H19NO. The molecule has 0 saturated heterocycles. The minimum absolute atomic E-state index is 0.0480. The van der Waals surface area contributed by atoms with E-state index >= 15 is 0 Å². The monoisotopic (exact) mass is 277 g/mol. The number of benzene rings is 1. The first-order valence-corrected chi connectivity index (χ1v) is 6.96. The van der Waals surface area contributed by atoms with E-state index in [1.54, 1.807) is 12.3 Å². The van der Waals surface area contributed by atoms with Crippen molar-refractivity contribution >= 4 is 5.78 Å². The normalized spacial score (nSPS) is 10.7. The number of carbonyl (C=O) groups excluding carboxylic acids is 1. The van der Waals surface area contributed by atoms with E-state index in [0.29, 0.717) is 5.69 Å². The number of pyridine rings is 1. The molecule has 2 aromatic rings. The summed E-state index contributed by atoms with van der Waals surface area (Å²) in [4.78, 5) is 15.3. The van der Waals surface area contributed by atoms with Gasteiger partial charge < -0.3 is 0 Å². The van der Waals surface area contributed by atoms with Crippen molar-refractivity contribution < 1.29 is 4.79 Å². The average Bonchev–Trinajstić information content (AvgIpc) is 2.45. The van der Waals surface area contributed by atoms with E-state index in [0.717, 1.165) is 11.1 Å². The van der Waals surface area contributed by atoms with Crippen LogP contribution in [0.15, 0.2) is 42.6 Å². The summed E-state index contributed by atoms with van der Waals surface area (Å²) in [5, 5.41) is 0. The van der Waals surface area contributed by atoms with Crippen LogP contribution < -0.4 is 0 Å². The highest BCUT2D eigenvalue weighted by atomic mass is 16.1. The number of hydrogen-bond donors (Lipinski definition) is 0. The van der Waals surface area contributed by atoms with Crippen molar-refractivity contribution in [3.63, 3.8) is 0 Å². The van der Waals surface area contributed by atoms with Crippen LogP contribution >= 0.6 is 0 Å². The Morgan fingerprint density at radius 2 is 1.62 bits per heavy atom. The zero-order valence-corrected chi connectivity index (χ0v) is 12.9. The van der Waals surface area contributed by atoms with Gasteiger partial charge in [0.1, 0.15) is 5.69 Å². The van der Waals surface area contributed by atoms with Gasteiger partial charge in [-0.25, -0.2) is 0 Å². The Labute approximate surface area is 126 Å². The lowest BCUT2D eigenvalue weighted by Crippen LogP contribution is -2.10. The SMILES string of the molecule is CC(=O)c1cc(C#Cc2ccc(C(C)(C)C)cc2)ccn1. The molecule has 2 heteroatoms. The number of rotatable bonds is 1. The maximum atomic E-state index is 11.3. The summed E-state index contributed by atoms with van der Waals surface area (Å²) in [6.07, 6.45) is 1.61. The van der Waals surface area contributed by atoms with Gasteiger partial charge >= 0.3 is 0 Å².